The van der Waals surface area contributed by atoms with Gasteiger partial charge in [0.25, 0.3) is 0 Å². The van der Waals surface area contributed by atoms with E-state index in [-0.39, 0.29) is 23.4 Å². The molecule has 7 heteroatoms. The first-order chi connectivity index (χ1) is 8.52. The summed E-state index contributed by atoms with van der Waals surface area (Å²) in [6.07, 6.45) is 0. The Labute approximate surface area is 114 Å². The molecule has 0 aliphatic heterocycles. The first-order valence-corrected chi connectivity index (χ1v) is 6.55. The third-order valence-electron chi connectivity index (χ3n) is 1.97. The topological polar surface area (TPSA) is 81.4 Å². The van der Waals surface area contributed by atoms with Crippen molar-refractivity contribution >= 4 is 46.6 Å². The molecule has 1 aromatic rings. The van der Waals surface area contributed by atoms with E-state index in [1.807, 2.05) is 0 Å². The first kappa shape index (κ1) is 14.7. The number of nitrogens with two attached hydrogens (primary N) is 1. The number of halogens is 1. The van der Waals surface area contributed by atoms with Crippen LogP contribution in [0.2, 0.25) is 5.02 Å². The molecular formula is C11H13ClN2O3S. The summed E-state index contributed by atoms with van der Waals surface area (Å²) in [7, 11) is 1.30. The molecule has 0 aliphatic carbocycles. The zero-order chi connectivity index (χ0) is 13.5. The molecule has 0 bridgehead atoms. The lowest BCUT2D eigenvalue weighted by Crippen LogP contribution is -2.16. The monoisotopic (exact) mass is 288 g/mol. The SMILES string of the molecule is COC(=O)CSCC(=O)Nc1ccc(Cl)cc1N. The zero-order valence-electron chi connectivity index (χ0n) is 9.73. The molecule has 0 saturated carbocycles. The van der Waals surface area contributed by atoms with E-state index in [0.717, 1.165) is 0 Å². The molecule has 98 valence electrons. The van der Waals surface area contributed by atoms with Crippen molar-refractivity contribution in [3.63, 3.8) is 0 Å². The summed E-state index contributed by atoms with van der Waals surface area (Å²) in [5.74, 6) is -0.311. The number of nitrogen functional groups attached to an aromatic ring is 1. The number of amides is 1. The molecule has 1 aromatic carbocycles. The van der Waals surface area contributed by atoms with E-state index in [0.29, 0.717) is 16.4 Å². The number of benzene rings is 1. The number of nitrogens with one attached hydrogen (secondary N) is 1. The number of hydrogen-bond donors (Lipinski definition) is 2. The van der Waals surface area contributed by atoms with Crippen molar-refractivity contribution in [3.8, 4) is 0 Å². The minimum atomic E-state index is -0.362. The van der Waals surface area contributed by atoms with E-state index in [1.165, 1.54) is 18.9 Å². The van der Waals surface area contributed by atoms with Crippen molar-refractivity contribution in [2.45, 2.75) is 0 Å². The maximum absolute atomic E-state index is 11.5. The van der Waals surface area contributed by atoms with Gasteiger partial charge in [-0.2, -0.15) is 0 Å². The van der Waals surface area contributed by atoms with Crippen LogP contribution in [0.1, 0.15) is 0 Å². The molecule has 0 aromatic heterocycles. The maximum Gasteiger partial charge on any atom is 0.315 e. The lowest BCUT2D eigenvalue weighted by Gasteiger charge is -2.08. The fourth-order valence-electron chi connectivity index (χ4n) is 1.12. The van der Waals surface area contributed by atoms with Crippen molar-refractivity contribution in [1.82, 2.24) is 0 Å². The van der Waals surface area contributed by atoms with Crippen LogP contribution < -0.4 is 11.1 Å². The third-order valence-corrected chi connectivity index (χ3v) is 3.11. The van der Waals surface area contributed by atoms with E-state index in [2.05, 4.69) is 10.1 Å². The summed E-state index contributed by atoms with van der Waals surface area (Å²) < 4.78 is 4.46. The van der Waals surface area contributed by atoms with Crippen LogP contribution >= 0.6 is 23.4 Å². The molecule has 3 N–H and O–H groups in total. The minimum absolute atomic E-state index is 0.139. The van der Waals surface area contributed by atoms with E-state index in [9.17, 15) is 9.59 Å². The molecule has 0 heterocycles. The Morgan fingerprint density at radius 3 is 2.78 bits per heavy atom. The second-order valence-electron chi connectivity index (χ2n) is 3.35. The number of methoxy groups -OCH3 is 1. The molecule has 18 heavy (non-hydrogen) atoms. The summed E-state index contributed by atoms with van der Waals surface area (Å²) in [6.45, 7) is 0. The average Bonchev–Trinajstić information content (AvgIpc) is 2.32. The van der Waals surface area contributed by atoms with Gasteiger partial charge in [-0.3, -0.25) is 9.59 Å². The van der Waals surface area contributed by atoms with Crippen LogP contribution in [0.3, 0.4) is 0 Å². The predicted octanol–water partition coefficient (Wildman–Crippen LogP) is 1.77. The van der Waals surface area contributed by atoms with Gasteiger partial charge in [0.05, 0.1) is 30.0 Å². The van der Waals surface area contributed by atoms with Gasteiger partial charge in [0.1, 0.15) is 0 Å². The molecule has 1 amide bonds. The van der Waals surface area contributed by atoms with Crippen molar-refractivity contribution in [2.75, 3.05) is 29.7 Å². The summed E-state index contributed by atoms with van der Waals surface area (Å²) in [4.78, 5) is 22.4. The van der Waals surface area contributed by atoms with Gasteiger partial charge in [0.15, 0.2) is 0 Å². The first-order valence-electron chi connectivity index (χ1n) is 5.02. The maximum atomic E-state index is 11.5. The number of ether oxygens (including phenoxy) is 1. The van der Waals surface area contributed by atoms with Gasteiger partial charge in [0, 0.05) is 5.02 Å². The highest BCUT2D eigenvalue weighted by Gasteiger charge is 2.07. The third kappa shape index (κ3) is 4.85. The Balaban J connectivity index is 2.42. The second kappa shape index (κ2) is 7.13. The quantitative estimate of drug-likeness (QED) is 0.637. The Hall–Kier alpha value is -1.40. The number of carbonyl (C=O) groups excluding carboxylic acids is 2. The molecule has 0 unspecified atom stereocenters. The number of esters is 1. The minimum Gasteiger partial charge on any atom is -0.468 e. The Kier molecular flexibility index (Phi) is 5.80. The molecule has 0 atom stereocenters. The van der Waals surface area contributed by atoms with Gasteiger partial charge >= 0.3 is 5.97 Å². The molecule has 1 rings (SSSR count). The average molecular weight is 289 g/mol. The van der Waals surface area contributed by atoms with Crippen molar-refractivity contribution in [3.05, 3.63) is 23.2 Å². The fourth-order valence-corrected chi connectivity index (χ4v) is 1.94. The number of carbonyl (C=O) groups is 2. The molecule has 5 nitrogen and oxygen atoms in total. The van der Waals surface area contributed by atoms with E-state index >= 15 is 0 Å². The summed E-state index contributed by atoms with van der Waals surface area (Å²) >= 11 is 6.91. The highest BCUT2D eigenvalue weighted by molar-refractivity contribution is 8.00. The lowest BCUT2D eigenvalue weighted by atomic mass is 10.2. The highest BCUT2D eigenvalue weighted by Crippen LogP contribution is 2.22. The van der Waals surface area contributed by atoms with Crippen molar-refractivity contribution < 1.29 is 14.3 Å². The summed E-state index contributed by atoms with van der Waals surface area (Å²) in [5, 5.41) is 3.14. The van der Waals surface area contributed by atoms with Crippen LogP contribution in [0.5, 0.6) is 0 Å². The molecule has 0 fully saturated rings. The summed E-state index contributed by atoms with van der Waals surface area (Å²) in [5.41, 5.74) is 6.59. The fraction of sp³-hybridized carbons (Fsp3) is 0.273. The number of anilines is 2. The van der Waals surface area contributed by atoms with Crippen LogP contribution in [-0.2, 0) is 14.3 Å². The molecular weight excluding hydrogens is 276 g/mol. The zero-order valence-corrected chi connectivity index (χ0v) is 11.3. The van der Waals surface area contributed by atoms with E-state index in [4.69, 9.17) is 17.3 Å². The Morgan fingerprint density at radius 2 is 2.17 bits per heavy atom. The van der Waals surface area contributed by atoms with Gasteiger partial charge in [0.2, 0.25) is 5.91 Å². The van der Waals surface area contributed by atoms with Crippen LogP contribution in [0, 0.1) is 0 Å². The van der Waals surface area contributed by atoms with Crippen LogP contribution in [0.4, 0.5) is 11.4 Å². The number of hydrogen-bond acceptors (Lipinski definition) is 5. The Bertz CT molecular complexity index is 454. The standard InChI is InChI=1S/C11H13ClN2O3S/c1-17-11(16)6-18-5-10(15)14-9-3-2-7(12)4-8(9)13/h2-4H,5-6,13H2,1H3,(H,14,15). The lowest BCUT2D eigenvalue weighted by molar-refractivity contribution is -0.137. The predicted molar refractivity (Wildman–Crippen MR) is 73.8 cm³/mol. The van der Waals surface area contributed by atoms with Crippen molar-refractivity contribution in [1.29, 1.82) is 0 Å². The second-order valence-corrected chi connectivity index (χ2v) is 4.77. The Morgan fingerprint density at radius 1 is 1.44 bits per heavy atom. The van der Waals surface area contributed by atoms with Gasteiger partial charge in [-0.25, -0.2) is 0 Å². The van der Waals surface area contributed by atoms with E-state index < -0.39 is 0 Å². The molecule has 0 radical (unpaired) electrons. The van der Waals surface area contributed by atoms with E-state index in [1.54, 1.807) is 18.2 Å². The van der Waals surface area contributed by atoms with Crippen LogP contribution in [-0.4, -0.2) is 30.5 Å². The molecule has 0 saturated heterocycles. The highest BCUT2D eigenvalue weighted by atomic mass is 35.5. The smallest absolute Gasteiger partial charge is 0.315 e. The van der Waals surface area contributed by atoms with Crippen LogP contribution in [0.25, 0.3) is 0 Å². The summed E-state index contributed by atoms with van der Waals surface area (Å²) in [6, 6.07) is 4.81. The van der Waals surface area contributed by atoms with Crippen LogP contribution in [0.15, 0.2) is 18.2 Å². The normalized spacial score (nSPS) is 9.89. The van der Waals surface area contributed by atoms with Gasteiger partial charge in [-0.1, -0.05) is 11.6 Å². The van der Waals surface area contributed by atoms with Gasteiger partial charge < -0.3 is 15.8 Å². The molecule has 0 aliphatic rings. The van der Waals surface area contributed by atoms with Crippen molar-refractivity contribution in [2.24, 2.45) is 0 Å². The van der Waals surface area contributed by atoms with Gasteiger partial charge in [-0.15, -0.1) is 11.8 Å². The number of thioether (sulfide) groups is 1. The number of rotatable bonds is 5. The largest absolute Gasteiger partial charge is 0.468 e. The molecule has 0 spiro atoms. The van der Waals surface area contributed by atoms with Gasteiger partial charge in [-0.05, 0) is 18.2 Å².